The van der Waals surface area contributed by atoms with Gasteiger partial charge in [-0.05, 0) is 12.1 Å². The van der Waals surface area contributed by atoms with E-state index in [1.807, 2.05) is 18.2 Å². The third kappa shape index (κ3) is 1.06. The highest BCUT2D eigenvalue weighted by Gasteiger charge is 2.07. The van der Waals surface area contributed by atoms with Crippen molar-refractivity contribution >= 4 is 17.1 Å². The minimum atomic E-state index is 0.768. The molecule has 3 nitrogen and oxygen atoms in total. The molecule has 2 aromatic rings. The predicted octanol–water partition coefficient (Wildman–Crippen LogP) is 1.67. The van der Waals surface area contributed by atoms with Crippen molar-refractivity contribution in [1.82, 2.24) is 10.4 Å². The van der Waals surface area contributed by atoms with Gasteiger partial charge in [0.05, 0.1) is 24.0 Å². The number of fused-ring (bicyclic) bond motifs is 2. The second-order valence-corrected chi connectivity index (χ2v) is 3.32. The van der Waals surface area contributed by atoms with Crippen molar-refractivity contribution in [3.05, 3.63) is 41.6 Å². The van der Waals surface area contributed by atoms with Crippen LogP contribution < -0.4 is 5.43 Å². The Morgan fingerprint density at radius 3 is 3.14 bits per heavy atom. The first-order valence-electron chi connectivity index (χ1n) is 4.58. The van der Waals surface area contributed by atoms with E-state index in [9.17, 15) is 0 Å². The van der Waals surface area contributed by atoms with Crippen molar-refractivity contribution < 1.29 is 0 Å². The molecule has 0 amide bonds. The SMILES string of the molecule is C1=NNCc2cc3ccccc3nc21. The summed E-state index contributed by atoms with van der Waals surface area (Å²) in [5, 5.41) is 5.17. The number of rotatable bonds is 0. The highest BCUT2D eigenvalue weighted by molar-refractivity contribution is 5.87. The number of benzene rings is 1. The molecule has 14 heavy (non-hydrogen) atoms. The van der Waals surface area contributed by atoms with Crippen molar-refractivity contribution in [3.63, 3.8) is 0 Å². The molecule has 1 aliphatic rings. The molecule has 0 unspecified atom stereocenters. The Morgan fingerprint density at radius 2 is 2.14 bits per heavy atom. The summed E-state index contributed by atoms with van der Waals surface area (Å²) in [6, 6.07) is 10.3. The van der Waals surface area contributed by atoms with E-state index in [0.29, 0.717) is 0 Å². The largest absolute Gasteiger partial charge is 0.306 e. The predicted molar refractivity (Wildman–Crippen MR) is 56.2 cm³/mol. The van der Waals surface area contributed by atoms with Crippen LogP contribution in [0.2, 0.25) is 0 Å². The molecule has 0 radical (unpaired) electrons. The van der Waals surface area contributed by atoms with Gasteiger partial charge in [0.25, 0.3) is 0 Å². The van der Waals surface area contributed by atoms with E-state index >= 15 is 0 Å². The van der Waals surface area contributed by atoms with Gasteiger partial charge < -0.3 is 5.43 Å². The van der Waals surface area contributed by atoms with E-state index in [1.54, 1.807) is 6.21 Å². The summed E-state index contributed by atoms with van der Waals surface area (Å²) in [7, 11) is 0. The molecular formula is C11H9N3. The quantitative estimate of drug-likeness (QED) is 0.674. The van der Waals surface area contributed by atoms with Crippen LogP contribution in [0.5, 0.6) is 0 Å². The summed E-state index contributed by atoms with van der Waals surface area (Å²) in [6.45, 7) is 0.768. The topological polar surface area (TPSA) is 37.3 Å². The first-order chi connectivity index (χ1) is 6.93. The van der Waals surface area contributed by atoms with E-state index in [1.165, 1.54) is 10.9 Å². The maximum atomic E-state index is 4.53. The average Bonchev–Trinajstić information content (AvgIpc) is 2.26. The van der Waals surface area contributed by atoms with Crippen LogP contribution in [0.25, 0.3) is 10.9 Å². The molecule has 0 saturated heterocycles. The van der Waals surface area contributed by atoms with Crippen molar-refractivity contribution in [2.75, 3.05) is 0 Å². The van der Waals surface area contributed by atoms with Crippen LogP contribution in [-0.4, -0.2) is 11.2 Å². The van der Waals surface area contributed by atoms with Crippen LogP contribution in [-0.2, 0) is 6.54 Å². The molecule has 1 N–H and O–H groups in total. The molecule has 3 rings (SSSR count). The lowest BCUT2D eigenvalue weighted by molar-refractivity contribution is 0.731. The normalized spacial score (nSPS) is 13.7. The number of pyridine rings is 1. The Morgan fingerprint density at radius 1 is 1.21 bits per heavy atom. The lowest BCUT2D eigenvalue weighted by Gasteiger charge is -2.11. The standard InChI is InChI=1S/C11H9N3/c1-2-4-10-8(3-1)5-9-6-12-13-7-11(9)14-10/h1-5,7,12H,6H2. The van der Waals surface area contributed by atoms with Crippen LogP contribution >= 0.6 is 0 Å². The minimum Gasteiger partial charge on any atom is -0.306 e. The van der Waals surface area contributed by atoms with Crippen LogP contribution in [0.1, 0.15) is 11.3 Å². The highest BCUT2D eigenvalue weighted by atomic mass is 15.3. The smallest absolute Gasteiger partial charge is 0.0888 e. The van der Waals surface area contributed by atoms with E-state index in [-0.39, 0.29) is 0 Å². The van der Waals surface area contributed by atoms with E-state index < -0.39 is 0 Å². The van der Waals surface area contributed by atoms with Gasteiger partial charge in [-0.15, -0.1) is 0 Å². The summed E-state index contributed by atoms with van der Waals surface area (Å²) in [6.07, 6.45) is 1.77. The van der Waals surface area contributed by atoms with Crippen molar-refractivity contribution in [2.45, 2.75) is 6.54 Å². The van der Waals surface area contributed by atoms with Crippen molar-refractivity contribution in [3.8, 4) is 0 Å². The molecule has 1 aromatic carbocycles. The molecule has 1 aromatic heterocycles. The van der Waals surface area contributed by atoms with Crippen LogP contribution in [0.4, 0.5) is 0 Å². The fourth-order valence-electron chi connectivity index (χ4n) is 1.67. The Hall–Kier alpha value is -1.90. The molecule has 0 saturated carbocycles. The van der Waals surface area contributed by atoms with Crippen LogP contribution in [0, 0.1) is 0 Å². The summed E-state index contributed by atoms with van der Waals surface area (Å²) < 4.78 is 0. The first kappa shape index (κ1) is 7.50. The number of hydrogen-bond donors (Lipinski definition) is 1. The molecule has 0 atom stereocenters. The number of aromatic nitrogens is 1. The third-order valence-corrected chi connectivity index (χ3v) is 2.38. The molecular weight excluding hydrogens is 174 g/mol. The fourth-order valence-corrected chi connectivity index (χ4v) is 1.67. The van der Waals surface area contributed by atoms with Gasteiger partial charge in [-0.1, -0.05) is 18.2 Å². The lowest BCUT2D eigenvalue weighted by atomic mass is 10.1. The number of hydrogen-bond acceptors (Lipinski definition) is 3. The summed E-state index contributed by atoms with van der Waals surface area (Å²) in [5.41, 5.74) is 6.14. The zero-order chi connectivity index (χ0) is 9.38. The fraction of sp³-hybridized carbons (Fsp3) is 0.0909. The van der Waals surface area contributed by atoms with Gasteiger partial charge >= 0.3 is 0 Å². The average molecular weight is 183 g/mol. The van der Waals surface area contributed by atoms with Crippen LogP contribution in [0.15, 0.2) is 35.4 Å². The minimum absolute atomic E-state index is 0.768. The Balaban J connectivity index is 2.34. The first-order valence-corrected chi connectivity index (χ1v) is 4.58. The molecule has 3 heteroatoms. The van der Waals surface area contributed by atoms with E-state index in [2.05, 4.69) is 27.6 Å². The zero-order valence-corrected chi connectivity index (χ0v) is 7.57. The van der Waals surface area contributed by atoms with Gasteiger partial charge in [-0.3, -0.25) is 0 Å². The number of nitrogens with one attached hydrogen (secondary N) is 1. The van der Waals surface area contributed by atoms with Gasteiger partial charge in [0.15, 0.2) is 0 Å². The van der Waals surface area contributed by atoms with Gasteiger partial charge in [0, 0.05) is 10.9 Å². The van der Waals surface area contributed by atoms with Gasteiger partial charge in [0.1, 0.15) is 0 Å². The summed E-state index contributed by atoms with van der Waals surface area (Å²) in [5.74, 6) is 0. The van der Waals surface area contributed by atoms with E-state index in [4.69, 9.17) is 0 Å². The summed E-state index contributed by atoms with van der Waals surface area (Å²) in [4.78, 5) is 4.53. The van der Waals surface area contributed by atoms with E-state index in [0.717, 1.165) is 17.8 Å². The molecule has 0 bridgehead atoms. The Labute approximate surface area is 81.5 Å². The number of hydrazone groups is 1. The van der Waals surface area contributed by atoms with Gasteiger partial charge in [-0.2, -0.15) is 5.10 Å². The molecule has 0 spiro atoms. The van der Waals surface area contributed by atoms with Crippen molar-refractivity contribution in [2.24, 2.45) is 5.10 Å². The third-order valence-electron chi connectivity index (χ3n) is 2.38. The second kappa shape index (κ2) is 2.80. The Kier molecular flexibility index (Phi) is 1.50. The van der Waals surface area contributed by atoms with Gasteiger partial charge in [-0.25, -0.2) is 4.98 Å². The molecule has 68 valence electrons. The van der Waals surface area contributed by atoms with Gasteiger partial charge in [0.2, 0.25) is 0 Å². The molecule has 2 heterocycles. The second-order valence-electron chi connectivity index (χ2n) is 3.32. The summed E-state index contributed by atoms with van der Waals surface area (Å²) >= 11 is 0. The zero-order valence-electron chi connectivity index (χ0n) is 7.57. The highest BCUT2D eigenvalue weighted by Crippen LogP contribution is 2.16. The lowest BCUT2D eigenvalue weighted by Crippen LogP contribution is -2.14. The Bertz CT molecular complexity index is 517. The molecule has 0 fully saturated rings. The van der Waals surface area contributed by atoms with Crippen molar-refractivity contribution in [1.29, 1.82) is 0 Å². The number of para-hydroxylation sites is 1. The maximum Gasteiger partial charge on any atom is 0.0888 e. The maximum absolute atomic E-state index is 4.53. The number of nitrogens with zero attached hydrogens (tertiary/aromatic N) is 2. The molecule has 0 aliphatic carbocycles. The van der Waals surface area contributed by atoms with Crippen LogP contribution in [0.3, 0.4) is 0 Å². The molecule has 1 aliphatic heterocycles. The monoisotopic (exact) mass is 183 g/mol.